The highest BCUT2D eigenvalue weighted by Crippen LogP contribution is 2.18. The molecule has 0 aliphatic rings. The van der Waals surface area contributed by atoms with E-state index in [0.717, 1.165) is 12.8 Å². The quantitative estimate of drug-likeness (QED) is 0.711. The van der Waals surface area contributed by atoms with Gasteiger partial charge in [-0.1, -0.05) is 48.5 Å². The fourth-order valence-electron chi connectivity index (χ4n) is 2.61. The zero-order valence-electron chi connectivity index (χ0n) is 12.4. The molecule has 1 heterocycles. The SMILES string of the molecule is O=C(CCCc1cccs1)NCc1cccc2ccccc12. The molecule has 0 saturated heterocycles. The van der Waals surface area contributed by atoms with Crippen molar-refractivity contribution in [2.24, 2.45) is 0 Å². The first-order valence-corrected chi connectivity index (χ1v) is 8.46. The molecule has 2 nitrogen and oxygen atoms in total. The van der Waals surface area contributed by atoms with Crippen LogP contribution < -0.4 is 5.32 Å². The monoisotopic (exact) mass is 309 g/mol. The van der Waals surface area contributed by atoms with E-state index >= 15 is 0 Å². The van der Waals surface area contributed by atoms with Gasteiger partial charge >= 0.3 is 0 Å². The van der Waals surface area contributed by atoms with Crippen molar-refractivity contribution < 1.29 is 4.79 Å². The van der Waals surface area contributed by atoms with Gasteiger partial charge < -0.3 is 5.32 Å². The Morgan fingerprint density at radius 2 is 1.86 bits per heavy atom. The Morgan fingerprint density at radius 3 is 2.73 bits per heavy atom. The Morgan fingerprint density at radius 1 is 1.00 bits per heavy atom. The van der Waals surface area contributed by atoms with Crippen LogP contribution in [0, 0.1) is 0 Å². The smallest absolute Gasteiger partial charge is 0.220 e. The molecule has 22 heavy (non-hydrogen) atoms. The highest BCUT2D eigenvalue weighted by atomic mass is 32.1. The molecule has 2 aromatic carbocycles. The minimum Gasteiger partial charge on any atom is -0.352 e. The number of amides is 1. The van der Waals surface area contributed by atoms with Crippen molar-refractivity contribution in [2.75, 3.05) is 0 Å². The maximum atomic E-state index is 12.0. The molecule has 1 N–H and O–H groups in total. The lowest BCUT2D eigenvalue weighted by Crippen LogP contribution is -2.22. The number of benzene rings is 2. The first kappa shape index (κ1) is 14.8. The Kier molecular flexibility index (Phi) is 4.86. The van der Waals surface area contributed by atoms with E-state index in [-0.39, 0.29) is 5.91 Å². The summed E-state index contributed by atoms with van der Waals surface area (Å²) in [6.07, 6.45) is 2.48. The third-order valence-electron chi connectivity index (χ3n) is 3.76. The number of carbonyl (C=O) groups is 1. The first-order chi connectivity index (χ1) is 10.8. The van der Waals surface area contributed by atoms with Crippen LogP contribution >= 0.6 is 11.3 Å². The number of thiophene rings is 1. The molecule has 0 bridgehead atoms. The van der Waals surface area contributed by atoms with Crippen molar-refractivity contribution in [3.05, 3.63) is 70.4 Å². The number of hydrogen-bond acceptors (Lipinski definition) is 2. The van der Waals surface area contributed by atoms with Gasteiger partial charge in [-0.3, -0.25) is 4.79 Å². The van der Waals surface area contributed by atoms with Gasteiger partial charge in [0.2, 0.25) is 5.91 Å². The molecule has 3 heteroatoms. The molecule has 1 amide bonds. The van der Waals surface area contributed by atoms with E-state index in [4.69, 9.17) is 0 Å². The molecule has 0 saturated carbocycles. The molecule has 0 aliphatic heterocycles. The van der Waals surface area contributed by atoms with Crippen LogP contribution in [-0.2, 0) is 17.8 Å². The lowest BCUT2D eigenvalue weighted by atomic mass is 10.0. The van der Waals surface area contributed by atoms with Crippen LogP contribution in [0.25, 0.3) is 10.8 Å². The third-order valence-corrected chi connectivity index (χ3v) is 4.70. The molecule has 0 unspecified atom stereocenters. The summed E-state index contributed by atoms with van der Waals surface area (Å²) < 4.78 is 0. The van der Waals surface area contributed by atoms with E-state index in [1.165, 1.54) is 21.2 Å². The van der Waals surface area contributed by atoms with Crippen molar-refractivity contribution in [3.8, 4) is 0 Å². The van der Waals surface area contributed by atoms with E-state index < -0.39 is 0 Å². The van der Waals surface area contributed by atoms with Crippen molar-refractivity contribution >= 4 is 28.0 Å². The normalized spacial score (nSPS) is 10.7. The second kappa shape index (κ2) is 7.23. The molecule has 0 spiro atoms. The zero-order valence-corrected chi connectivity index (χ0v) is 13.2. The molecule has 3 aromatic rings. The molecular formula is C19H19NOS. The van der Waals surface area contributed by atoms with Gasteiger partial charge in [0.25, 0.3) is 0 Å². The predicted octanol–water partition coefficient (Wildman–Crippen LogP) is 4.54. The van der Waals surface area contributed by atoms with Crippen LogP contribution in [0.15, 0.2) is 60.0 Å². The highest BCUT2D eigenvalue weighted by Gasteiger charge is 2.04. The van der Waals surface area contributed by atoms with Gasteiger partial charge in [0, 0.05) is 17.8 Å². The molecular weight excluding hydrogens is 290 g/mol. The molecule has 0 aliphatic carbocycles. The van der Waals surface area contributed by atoms with E-state index in [1.54, 1.807) is 11.3 Å². The van der Waals surface area contributed by atoms with Gasteiger partial charge in [0.15, 0.2) is 0 Å². The van der Waals surface area contributed by atoms with Crippen molar-refractivity contribution in [1.29, 1.82) is 0 Å². The maximum absolute atomic E-state index is 12.0. The number of nitrogens with one attached hydrogen (secondary N) is 1. The van der Waals surface area contributed by atoms with Crippen molar-refractivity contribution in [3.63, 3.8) is 0 Å². The van der Waals surface area contributed by atoms with Gasteiger partial charge in [-0.25, -0.2) is 0 Å². The third kappa shape index (κ3) is 3.74. The lowest BCUT2D eigenvalue weighted by Gasteiger charge is -2.08. The molecule has 112 valence electrons. The molecule has 0 atom stereocenters. The van der Waals surface area contributed by atoms with Crippen LogP contribution in [0.1, 0.15) is 23.3 Å². The standard InChI is InChI=1S/C19H19NOS/c21-19(12-4-9-17-10-5-13-22-17)20-14-16-8-3-7-15-6-1-2-11-18(15)16/h1-3,5-8,10-11,13H,4,9,12,14H2,(H,20,21). The molecule has 3 rings (SSSR count). The lowest BCUT2D eigenvalue weighted by molar-refractivity contribution is -0.121. The molecule has 0 fully saturated rings. The largest absolute Gasteiger partial charge is 0.352 e. The minimum absolute atomic E-state index is 0.129. The zero-order chi connectivity index (χ0) is 15.2. The first-order valence-electron chi connectivity index (χ1n) is 7.58. The second-order valence-electron chi connectivity index (χ2n) is 5.35. The summed E-state index contributed by atoms with van der Waals surface area (Å²) in [6.45, 7) is 0.596. The second-order valence-corrected chi connectivity index (χ2v) is 6.38. The van der Waals surface area contributed by atoms with E-state index in [0.29, 0.717) is 13.0 Å². The van der Waals surface area contributed by atoms with Crippen LogP contribution in [0.4, 0.5) is 0 Å². The predicted molar refractivity (Wildman–Crippen MR) is 93.1 cm³/mol. The summed E-state index contributed by atoms with van der Waals surface area (Å²) in [5, 5.41) is 7.54. The molecule has 0 radical (unpaired) electrons. The van der Waals surface area contributed by atoms with Crippen LogP contribution in [-0.4, -0.2) is 5.91 Å². The van der Waals surface area contributed by atoms with Gasteiger partial charge in [-0.05, 0) is 40.6 Å². The van der Waals surface area contributed by atoms with Crippen LogP contribution in [0.3, 0.4) is 0 Å². The van der Waals surface area contributed by atoms with Crippen LogP contribution in [0.2, 0.25) is 0 Å². The van der Waals surface area contributed by atoms with Gasteiger partial charge in [-0.15, -0.1) is 11.3 Å². The summed E-state index contributed by atoms with van der Waals surface area (Å²) >= 11 is 1.75. The Balaban J connectivity index is 1.52. The maximum Gasteiger partial charge on any atom is 0.220 e. The summed E-state index contributed by atoms with van der Waals surface area (Å²) in [6, 6.07) is 18.7. The average molecular weight is 309 g/mol. The Bertz CT molecular complexity index is 744. The average Bonchev–Trinajstić information content (AvgIpc) is 3.06. The number of fused-ring (bicyclic) bond motifs is 1. The van der Waals surface area contributed by atoms with Gasteiger partial charge in [-0.2, -0.15) is 0 Å². The van der Waals surface area contributed by atoms with E-state index in [1.807, 2.05) is 18.2 Å². The number of hydrogen-bond donors (Lipinski definition) is 1. The van der Waals surface area contributed by atoms with Crippen LogP contribution in [0.5, 0.6) is 0 Å². The summed E-state index contributed by atoms with van der Waals surface area (Å²) in [5.74, 6) is 0.129. The number of carbonyl (C=O) groups excluding carboxylic acids is 1. The van der Waals surface area contributed by atoms with E-state index in [2.05, 4.69) is 47.1 Å². The van der Waals surface area contributed by atoms with Gasteiger partial charge in [0.1, 0.15) is 0 Å². The fourth-order valence-corrected chi connectivity index (χ4v) is 3.36. The molecule has 1 aromatic heterocycles. The minimum atomic E-state index is 0.129. The van der Waals surface area contributed by atoms with Crippen molar-refractivity contribution in [1.82, 2.24) is 5.32 Å². The highest BCUT2D eigenvalue weighted by molar-refractivity contribution is 7.09. The number of rotatable bonds is 6. The van der Waals surface area contributed by atoms with Gasteiger partial charge in [0.05, 0.1) is 0 Å². The summed E-state index contributed by atoms with van der Waals surface area (Å²) in [7, 11) is 0. The summed E-state index contributed by atoms with van der Waals surface area (Å²) in [5.41, 5.74) is 1.17. The number of aryl methyl sites for hydroxylation is 1. The fraction of sp³-hybridized carbons (Fsp3) is 0.211. The Labute approximate surface area is 134 Å². The van der Waals surface area contributed by atoms with Crippen molar-refractivity contribution in [2.45, 2.75) is 25.8 Å². The van der Waals surface area contributed by atoms with E-state index in [9.17, 15) is 4.79 Å². The Hall–Kier alpha value is -2.13. The topological polar surface area (TPSA) is 29.1 Å². The summed E-state index contributed by atoms with van der Waals surface area (Å²) in [4.78, 5) is 13.3.